The van der Waals surface area contributed by atoms with Gasteiger partial charge in [-0.2, -0.15) is 0 Å². The largest absolute Gasteiger partial charge is 0.463 e. The van der Waals surface area contributed by atoms with Crippen molar-refractivity contribution in [3.8, 4) is 0 Å². The van der Waals surface area contributed by atoms with Gasteiger partial charge in [-0.3, -0.25) is 14.4 Å². The Labute approximate surface area is 140 Å². The van der Waals surface area contributed by atoms with Crippen molar-refractivity contribution in [2.75, 3.05) is 6.61 Å². The lowest BCUT2D eigenvalue weighted by Gasteiger charge is -2.43. The zero-order chi connectivity index (χ0) is 18.4. The molecule has 9 nitrogen and oxygen atoms in total. The van der Waals surface area contributed by atoms with Crippen molar-refractivity contribution in [1.29, 1.82) is 0 Å². The summed E-state index contributed by atoms with van der Waals surface area (Å²) < 4.78 is 26.2. The maximum absolute atomic E-state index is 11.4. The van der Waals surface area contributed by atoms with Gasteiger partial charge in [0.2, 0.25) is 0 Å². The van der Waals surface area contributed by atoms with E-state index in [4.69, 9.17) is 23.7 Å². The molecule has 0 spiro atoms. The fourth-order valence-corrected chi connectivity index (χ4v) is 2.25. The molecule has 9 heteroatoms. The average Bonchev–Trinajstić information content (AvgIpc) is 2.42. The van der Waals surface area contributed by atoms with Gasteiger partial charge in [0.15, 0.2) is 18.5 Å². The van der Waals surface area contributed by atoms with E-state index in [1.54, 1.807) is 13.8 Å². The van der Waals surface area contributed by atoms with Gasteiger partial charge < -0.3 is 28.8 Å². The Morgan fingerprint density at radius 2 is 1.54 bits per heavy atom. The van der Waals surface area contributed by atoms with Crippen molar-refractivity contribution in [3.63, 3.8) is 0 Å². The average molecular weight is 348 g/mol. The minimum absolute atomic E-state index is 0.265. The van der Waals surface area contributed by atoms with E-state index in [2.05, 4.69) is 0 Å². The summed E-state index contributed by atoms with van der Waals surface area (Å²) in [5.74, 6) is -1.88. The summed E-state index contributed by atoms with van der Waals surface area (Å²) in [6.07, 6.45) is -6.14. The first-order chi connectivity index (χ1) is 11.1. The number of carbonyl (C=O) groups excluding carboxylic acids is 3. The lowest BCUT2D eigenvalue weighted by molar-refractivity contribution is -0.313. The summed E-state index contributed by atoms with van der Waals surface area (Å²) in [6.45, 7) is 6.75. The lowest BCUT2D eigenvalue weighted by atomic mass is 9.98. The molecule has 1 N–H and O–H groups in total. The Morgan fingerprint density at radius 1 is 1.00 bits per heavy atom. The number of aliphatic hydroxyl groups is 1. The normalized spacial score (nSPS) is 29.9. The van der Waals surface area contributed by atoms with Crippen LogP contribution < -0.4 is 0 Å². The third kappa shape index (κ3) is 6.06. The van der Waals surface area contributed by atoms with Gasteiger partial charge in [0, 0.05) is 20.8 Å². The minimum Gasteiger partial charge on any atom is -0.463 e. The van der Waals surface area contributed by atoms with Crippen LogP contribution in [0.25, 0.3) is 0 Å². The highest BCUT2D eigenvalue weighted by Gasteiger charge is 2.50. The molecule has 0 unspecified atom stereocenters. The zero-order valence-electron chi connectivity index (χ0n) is 14.4. The van der Waals surface area contributed by atoms with Crippen molar-refractivity contribution in [2.45, 2.75) is 71.4 Å². The predicted octanol–water partition coefficient (Wildman–Crippen LogP) is -0.0763. The lowest BCUT2D eigenvalue weighted by Crippen LogP contribution is -2.62. The van der Waals surface area contributed by atoms with Crippen LogP contribution in [0.5, 0.6) is 0 Å². The van der Waals surface area contributed by atoms with E-state index >= 15 is 0 Å². The second-order valence-corrected chi connectivity index (χ2v) is 5.67. The van der Waals surface area contributed by atoms with Gasteiger partial charge in [0.1, 0.15) is 18.8 Å². The first kappa shape index (κ1) is 20.3. The molecule has 1 fully saturated rings. The molecule has 1 saturated heterocycles. The van der Waals surface area contributed by atoms with Crippen LogP contribution in [-0.2, 0) is 38.1 Å². The van der Waals surface area contributed by atoms with E-state index in [1.807, 2.05) is 0 Å². The van der Waals surface area contributed by atoms with Gasteiger partial charge in [-0.1, -0.05) is 0 Å². The molecule has 0 aromatic carbocycles. The summed E-state index contributed by atoms with van der Waals surface area (Å²) in [5, 5.41) is 10.4. The van der Waals surface area contributed by atoms with Crippen LogP contribution in [0.3, 0.4) is 0 Å². The summed E-state index contributed by atoms with van der Waals surface area (Å²) in [5.41, 5.74) is 0. The molecule has 0 aromatic rings. The molecular weight excluding hydrogens is 324 g/mol. The highest BCUT2D eigenvalue weighted by atomic mass is 16.7. The quantitative estimate of drug-likeness (QED) is 0.519. The molecule has 0 radical (unpaired) electrons. The van der Waals surface area contributed by atoms with Gasteiger partial charge in [0.05, 0.1) is 6.10 Å². The number of esters is 3. The topological polar surface area (TPSA) is 118 Å². The Kier molecular flexibility index (Phi) is 7.59. The van der Waals surface area contributed by atoms with Crippen molar-refractivity contribution in [3.05, 3.63) is 0 Å². The standard InChI is InChI=1S/C15H24O9/c1-7(2)21-15-14(23-10(5)18)13(22-9(4)17)12(19)11(24-15)6-20-8(3)16/h7,11-15,19H,6H2,1-5H3/t11-,12-,13+,14-,15-/m1/s1. The Bertz CT molecular complexity index is 462. The highest BCUT2D eigenvalue weighted by Crippen LogP contribution is 2.28. The molecule has 5 atom stereocenters. The van der Waals surface area contributed by atoms with Gasteiger partial charge in [0.25, 0.3) is 0 Å². The van der Waals surface area contributed by atoms with Crippen molar-refractivity contribution in [1.82, 2.24) is 0 Å². The van der Waals surface area contributed by atoms with Crippen molar-refractivity contribution in [2.24, 2.45) is 0 Å². The number of hydrogen-bond acceptors (Lipinski definition) is 9. The fraction of sp³-hybridized carbons (Fsp3) is 0.800. The molecule has 1 heterocycles. The zero-order valence-corrected chi connectivity index (χ0v) is 14.4. The third-order valence-corrected chi connectivity index (χ3v) is 3.08. The third-order valence-electron chi connectivity index (χ3n) is 3.08. The predicted molar refractivity (Wildman–Crippen MR) is 78.6 cm³/mol. The maximum Gasteiger partial charge on any atom is 0.303 e. The Morgan fingerprint density at radius 3 is 2.00 bits per heavy atom. The van der Waals surface area contributed by atoms with E-state index < -0.39 is 48.6 Å². The smallest absolute Gasteiger partial charge is 0.303 e. The summed E-state index contributed by atoms with van der Waals surface area (Å²) >= 11 is 0. The number of ether oxygens (including phenoxy) is 5. The van der Waals surface area contributed by atoms with Crippen LogP contribution in [0, 0.1) is 0 Å². The maximum atomic E-state index is 11.4. The van der Waals surface area contributed by atoms with Gasteiger partial charge in [-0.25, -0.2) is 0 Å². The Hall–Kier alpha value is -1.71. The van der Waals surface area contributed by atoms with Crippen LogP contribution >= 0.6 is 0 Å². The Balaban J connectivity index is 3.04. The molecule has 0 aliphatic carbocycles. The molecule has 24 heavy (non-hydrogen) atoms. The minimum atomic E-state index is -1.37. The van der Waals surface area contributed by atoms with E-state index in [0.717, 1.165) is 6.92 Å². The molecular formula is C15H24O9. The summed E-state index contributed by atoms with van der Waals surface area (Å²) in [6, 6.07) is 0. The molecule has 1 aliphatic rings. The number of rotatable bonds is 6. The number of aliphatic hydroxyl groups excluding tert-OH is 1. The van der Waals surface area contributed by atoms with E-state index in [1.165, 1.54) is 13.8 Å². The monoisotopic (exact) mass is 348 g/mol. The van der Waals surface area contributed by atoms with E-state index in [0.29, 0.717) is 0 Å². The highest BCUT2D eigenvalue weighted by molar-refractivity contribution is 5.67. The van der Waals surface area contributed by atoms with Gasteiger partial charge >= 0.3 is 17.9 Å². The van der Waals surface area contributed by atoms with Crippen LogP contribution in [0.15, 0.2) is 0 Å². The molecule has 0 aromatic heterocycles. The molecule has 1 aliphatic heterocycles. The summed E-state index contributed by atoms with van der Waals surface area (Å²) in [7, 11) is 0. The van der Waals surface area contributed by atoms with E-state index in [9.17, 15) is 19.5 Å². The summed E-state index contributed by atoms with van der Waals surface area (Å²) in [4.78, 5) is 33.7. The fourth-order valence-electron chi connectivity index (χ4n) is 2.25. The molecule has 138 valence electrons. The second kappa shape index (κ2) is 8.95. The van der Waals surface area contributed by atoms with E-state index in [-0.39, 0.29) is 12.7 Å². The SMILES string of the molecule is CC(=O)OC[C@H]1O[C@@H](OC(C)C)[C@H](OC(C)=O)[C@@H](OC(C)=O)[C@@H]1O. The van der Waals surface area contributed by atoms with Crippen LogP contribution in [0.2, 0.25) is 0 Å². The van der Waals surface area contributed by atoms with Gasteiger partial charge in [-0.05, 0) is 13.8 Å². The number of hydrogen-bond donors (Lipinski definition) is 1. The van der Waals surface area contributed by atoms with Crippen LogP contribution in [0.4, 0.5) is 0 Å². The molecule has 1 rings (SSSR count). The number of carbonyl (C=O) groups is 3. The first-order valence-electron chi connectivity index (χ1n) is 7.58. The second-order valence-electron chi connectivity index (χ2n) is 5.67. The molecule has 0 amide bonds. The van der Waals surface area contributed by atoms with Crippen LogP contribution in [0.1, 0.15) is 34.6 Å². The molecule has 0 saturated carbocycles. The van der Waals surface area contributed by atoms with Crippen molar-refractivity contribution < 1.29 is 43.2 Å². The first-order valence-corrected chi connectivity index (χ1v) is 7.58. The molecule has 0 bridgehead atoms. The van der Waals surface area contributed by atoms with Crippen molar-refractivity contribution >= 4 is 17.9 Å². The van der Waals surface area contributed by atoms with Gasteiger partial charge in [-0.15, -0.1) is 0 Å². The van der Waals surface area contributed by atoms with Crippen LogP contribution in [-0.4, -0.2) is 66.4 Å².